The lowest BCUT2D eigenvalue weighted by Crippen LogP contribution is -2.48. The van der Waals surface area contributed by atoms with E-state index in [1.54, 1.807) is 7.11 Å². The van der Waals surface area contributed by atoms with Crippen LogP contribution in [0.2, 0.25) is 0 Å². The minimum Gasteiger partial charge on any atom is -0.497 e. The van der Waals surface area contributed by atoms with Crippen molar-refractivity contribution < 1.29 is 9.53 Å². The van der Waals surface area contributed by atoms with E-state index < -0.39 is 0 Å². The van der Waals surface area contributed by atoms with Crippen LogP contribution < -0.4 is 4.74 Å². The number of aromatic nitrogens is 1. The first-order valence-electron chi connectivity index (χ1n) is 9.02. The topological polar surface area (TPSA) is 37.7 Å². The number of hydrogen-bond acceptors (Lipinski definition) is 3. The highest BCUT2D eigenvalue weighted by Gasteiger charge is 2.31. The van der Waals surface area contributed by atoms with Gasteiger partial charge in [0.25, 0.3) is 5.91 Å². The molecule has 0 saturated carbocycles. The van der Waals surface area contributed by atoms with Gasteiger partial charge in [0, 0.05) is 37.1 Å². The Hall–Kier alpha value is -2.01. The molecule has 5 nitrogen and oxygen atoms in total. The van der Waals surface area contributed by atoms with Gasteiger partial charge in [0.15, 0.2) is 0 Å². The Kier molecular flexibility index (Phi) is 5.04. The van der Waals surface area contributed by atoms with E-state index in [9.17, 15) is 4.79 Å². The van der Waals surface area contributed by atoms with Crippen molar-refractivity contribution in [1.82, 2.24) is 14.4 Å². The molecule has 1 atom stereocenters. The standard InChI is InChI=1S/C20H29N3O2/c1-14-17-12-16(25-5)9-10-18(17)22(4)19(14)20(24)23-11-7-6-8-15(23)13-21(2)3/h9-10,12,15H,6-8,11,13H2,1-5H3. The fraction of sp³-hybridized carbons (Fsp3) is 0.550. The van der Waals surface area contributed by atoms with Crippen LogP contribution in [0.4, 0.5) is 0 Å². The first-order chi connectivity index (χ1) is 11.9. The molecule has 1 fully saturated rings. The lowest BCUT2D eigenvalue weighted by molar-refractivity contribution is 0.0565. The summed E-state index contributed by atoms with van der Waals surface area (Å²) in [5.41, 5.74) is 2.91. The summed E-state index contributed by atoms with van der Waals surface area (Å²) < 4.78 is 7.39. The Morgan fingerprint density at radius 2 is 2.08 bits per heavy atom. The minimum atomic E-state index is 0.154. The smallest absolute Gasteiger partial charge is 0.271 e. The lowest BCUT2D eigenvalue weighted by Gasteiger charge is -2.37. The third kappa shape index (κ3) is 3.25. The zero-order chi connectivity index (χ0) is 18.1. The molecule has 0 N–H and O–H groups in total. The average Bonchev–Trinajstić information content (AvgIpc) is 2.84. The number of rotatable bonds is 4. The molecule has 0 radical (unpaired) electrons. The molecular formula is C20H29N3O2. The zero-order valence-electron chi connectivity index (χ0n) is 16.0. The van der Waals surface area contributed by atoms with Crippen LogP contribution in [-0.2, 0) is 7.05 Å². The summed E-state index contributed by atoms with van der Waals surface area (Å²) in [5, 5.41) is 1.09. The number of nitrogens with zero attached hydrogens (tertiary/aromatic N) is 3. The summed E-state index contributed by atoms with van der Waals surface area (Å²) >= 11 is 0. The number of likely N-dealkylation sites (tertiary alicyclic amines) is 1. The van der Waals surface area contributed by atoms with E-state index in [1.165, 1.54) is 6.42 Å². The molecule has 0 spiro atoms. The zero-order valence-corrected chi connectivity index (χ0v) is 16.0. The van der Waals surface area contributed by atoms with Crippen molar-refractivity contribution in [2.45, 2.75) is 32.2 Å². The Balaban J connectivity index is 2.01. The quantitative estimate of drug-likeness (QED) is 0.856. The molecule has 1 unspecified atom stereocenters. The van der Waals surface area contributed by atoms with Crippen molar-refractivity contribution >= 4 is 16.8 Å². The predicted molar refractivity (Wildman–Crippen MR) is 101 cm³/mol. The number of amides is 1. The van der Waals surface area contributed by atoms with Gasteiger partial charge in [-0.15, -0.1) is 0 Å². The number of aryl methyl sites for hydroxylation is 2. The third-order valence-corrected chi connectivity index (χ3v) is 5.33. The molecule has 2 aromatic rings. The van der Waals surface area contributed by atoms with Gasteiger partial charge < -0.3 is 19.1 Å². The molecule has 2 heterocycles. The van der Waals surface area contributed by atoms with Crippen LogP contribution in [-0.4, -0.2) is 60.6 Å². The molecule has 25 heavy (non-hydrogen) atoms. The second-order valence-electron chi connectivity index (χ2n) is 7.33. The highest BCUT2D eigenvalue weighted by Crippen LogP contribution is 2.30. The van der Waals surface area contributed by atoms with E-state index in [1.807, 2.05) is 36.7 Å². The molecule has 5 heteroatoms. The molecule has 3 rings (SSSR count). The van der Waals surface area contributed by atoms with Gasteiger partial charge in [-0.05, 0) is 64.0 Å². The number of likely N-dealkylation sites (N-methyl/N-ethyl adjacent to an activating group) is 1. The van der Waals surface area contributed by atoms with Crippen molar-refractivity contribution in [3.05, 3.63) is 29.5 Å². The van der Waals surface area contributed by atoms with E-state index in [-0.39, 0.29) is 5.91 Å². The monoisotopic (exact) mass is 343 g/mol. The van der Waals surface area contributed by atoms with Crippen molar-refractivity contribution in [2.75, 3.05) is 34.3 Å². The molecule has 1 aliphatic rings. The molecular weight excluding hydrogens is 314 g/mol. The number of methoxy groups -OCH3 is 1. The Morgan fingerprint density at radius 3 is 2.76 bits per heavy atom. The summed E-state index contributed by atoms with van der Waals surface area (Å²) in [6, 6.07) is 6.30. The summed E-state index contributed by atoms with van der Waals surface area (Å²) in [6.07, 6.45) is 3.38. The van der Waals surface area contributed by atoms with Gasteiger partial charge in [-0.1, -0.05) is 0 Å². The molecule has 0 bridgehead atoms. The van der Waals surface area contributed by atoms with Gasteiger partial charge >= 0.3 is 0 Å². The van der Waals surface area contributed by atoms with Crippen LogP contribution in [0.25, 0.3) is 10.9 Å². The van der Waals surface area contributed by atoms with Crippen LogP contribution in [0, 0.1) is 6.92 Å². The van der Waals surface area contributed by atoms with Crippen LogP contribution in [0.15, 0.2) is 18.2 Å². The minimum absolute atomic E-state index is 0.154. The molecule has 1 aliphatic heterocycles. The number of carbonyl (C=O) groups excluding carboxylic acids is 1. The Morgan fingerprint density at radius 1 is 1.32 bits per heavy atom. The summed E-state index contributed by atoms with van der Waals surface area (Å²) in [7, 11) is 7.81. The first kappa shape index (κ1) is 17.8. The average molecular weight is 343 g/mol. The second-order valence-corrected chi connectivity index (χ2v) is 7.33. The summed E-state index contributed by atoms with van der Waals surface area (Å²) in [4.78, 5) is 17.7. The largest absolute Gasteiger partial charge is 0.497 e. The molecule has 1 aromatic carbocycles. The van der Waals surface area contributed by atoms with Gasteiger partial charge in [-0.3, -0.25) is 4.79 Å². The fourth-order valence-electron chi connectivity index (χ4n) is 4.05. The van der Waals surface area contributed by atoms with Gasteiger partial charge in [0.2, 0.25) is 0 Å². The van der Waals surface area contributed by atoms with E-state index >= 15 is 0 Å². The number of piperidine rings is 1. The Bertz CT molecular complexity index is 779. The van der Waals surface area contributed by atoms with Gasteiger partial charge in [-0.2, -0.15) is 0 Å². The van der Waals surface area contributed by atoms with Gasteiger partial charge in [0.1, 0.15) is 11.4 Å². The molecule has 1 amide bonds. The van der Waals surface area contributed by atoms with Crippen LogP contribution in [0.1, 0.15) is 35.3 Å². The highest BCUT2D eigenvalue weighted by atomic mass is 16.5. The maximum atomic E-state index is 13.4. The van der Waals surface area contributed by atoms with Crippen LogP contribution in [0.5, 0.6) is 5.75 Å². The van der Waals surface area contributed by atoms with E-state index in [4.69, 9.17) is 4.74 Å². The maximum Gasteiger partial charge on any atom is 0.271 e. The normalized spacial score (nSPS) is 18.2. The maximum absolute atomic E-state index is 13.4. The van der Waals surface area contributed by atoms with Gasteiger partial charge in [0.05, 0.1) is 7.11 Å². The van der Waals surface area contributed by atoms with Crippen molar-refractivity contribution in [1.29, 1.82) is 0 Å². The van der Waals surface area contributed by atoms with Crippen molar-refractivity contribution in [2.24, 2.45) is 7.05 Å². The van der Waals surface area contributed by atoms with Crippen LogP contribution in [0.3, 0.4) is 0 Å². The van der Waals surface area contributed by atoms with E-state index in [0.717, 1.165) is 53.8 Å². The number of benzene rings is 1. The lowest BCUT2D eigenvalue weighted by atomic mass is 10.0. The predicted octanol–water partition coefficient (Wildman–Crippen LogP) is 3.05. The number of carbonyl (C=O) groups is 1. The fourth-order valence-corrected chi connectivity index (χ4v) is 4.05. The number of ether oxygens (including phenoxy) is 1. The van der Waals surface area contributed by atoms with Crippen molar-refractivity contribution in [3.8, 4) is 5.75 Å². The summed E-state index contributed by atoms with van der Waals surface area (Å²) in [6.45, 7) is 3.81. The first-order valence-corrected chi connectivity index (χ1v) is 9.02. The highest BCUT2D eigenvalue weighted by molar-refractivity contribution is 6.02. The van der Waals surface area contributed by atoms with E-state index in [2.05, 4.69) is 23.9 Å². The second kappa shape index (κ2) is 7.08. The third-order valence-electron chi connectivity index (χ3n) is 5.33. The van der Waals surface area contributed by atoms with Crippen molar-refractivity contribution in [3.63, 3.8) is 0 Å². The molecule has 1 saturated heterocycles. The van der Waals surface area contributed by atoms with Gasteiger partial charge in [-0.25, -0.2) is 0 Å². The number of fused-ring (bicyclic) bond motifs is 1. The molecule has 1 aromatic heterocycles. The SMILES string of the molecule is COc1ccc2c(c1)c(C)c(C(=O)N1CCCCC1CN(C)C)n2C. The Labute approximate surface area is 150 Å². The summed E-state index contributed by atoms with van der Waals surface area (Å²) in [5.74, 6) is 0.977. The molecule has 0 aliphatic carbocycles. The molecule has 136 valence electrons. The number of hydrogen-bond donors (Lipinski definition) is 0. The van der Waals surface area contributed by atoms with E-state index in [0.29, 0.717) is 6.04 Å². The van der Waals surface area contributed by atoms with Crippen LogP contribution >= 0.6 is 0 Å².